The molecule has 0 fully saturated rings. The second-order valence-electron chi connectivity index (χ2n) is 5.04. The van der Waals surface area contributed by atoms with Gasteiger partial charge in [0.2, 0.25) is 5.88 Å². The molecule has 0 atom stereocenters. The van der Waals surface area contributed by atoms with Crippen molar-refractivity contribution < 1.29 is 4.74 Å². The molecule has 3 aromatic rings. The Bertz CT molecular complexity index is 723. The van der Waals surface area contributed by atoms with E-state index in [4.69, 9.17) is 10.5 Å². The van der Waals surface area contributed by atoms with Crippen LogP contribution in [0.3, 0.4) is 0 Å². The average molecular weight is 306 g/mol. The molecule has 0 aliphatic heterocycles. The van der Waals surface area contributed by atoms with Gasteiger partial charge in [0.25, 0.3) is 0 Å². The van der Waals surface area contributed by atoms with Crippen molar-refractivity contribution in [2.45, 2.75) is 6.04 Å². The lowest BCUT2D eigenvalue weighted by molar-refractivity contribution is 0.399. The average Bonchev–Trinajstić information content (AvgIpc) is 2.62. The Morgan fingerprint density at radius 1 is 0.913 bits per heavy atom. The minimum Gasteiger partial charge on any atom is -0.479 e. The van der Waals surface area contributed by atoms with Crippen molar-refractivity contribution in [3.8, 4) is 5.88 Å². The van der Waals surface area contributed by atoms with Gasteiger partial charge in [-0.1, -0.05) is 60.7 Å². The van der Waals surface area contributed by atoms with Crippen molar-refractivity contribution in [2.75, 3.05) is 18.2 Å². The van der Waals surface area contributed by atoms with E-state index in [-0.39, 0.29) is 6.04 Å². The van der Waals surface area contributed by atoms with E-state index in [0.29, 0.717) is 17.4 Å². The van der Waals surface area contributed by atoms with E-state index in [1.807, 2.05) is 36.4 Å². The van der Waals surface area contributed by atoms with Crippen LogP contribution < -0.4 is 15.8 Å². The number of nitrogens with two attached hydrogens (primary N) is 1. The molecule has 2 aromatic carbocycles. The molecule has 0 aliphatic carbocycles. The highest BCUT2D eigenvalue weighted by atomic mass is 16.5. The van der Waals surface area contributed by atoms with Gasteiger partial charge in [-0.05, 0) is 11.1 Å². The summed E-state index contributed by atoms with van der Waals surface area (Å²) >= 11 is 0. The van der Waals surface area contributed by atoms with Crippen LogP contribution in [0.15, 0.2) is 67.0 Å². The molecule has 3 rings (SSSR count). The summed E-state index contributed by atoms with van der Waals surface area (Å²) in [5, 5.41) is 3.40. The van der Waals surface area contributed by atoms with Crippen LogP contribution in [0.4, 0.5) is 11.5 Å². The van der Waals surface area contributed by atoms with E-state index >= 15 is 0 Å². The summed E-state index contributed by atoms with van der Waals surface area (Å²) in [7, 11) is 1.54. The van der Waals surface area contributed by atoms with Crippen molar-refractivity contribution in [3.05, 3.63) is 78.1 Å². The Morgan fingerprint density at radius 3 is 2.00 bits per heavy atom. The van der Waals surface area contributed by atoms with Gasteiger partial charge >= 0.3 is 0 Å². The van der Waals surface area contributed by atoms with Crippen LogP contribution in [0.1, 0.15) is 17.2 Å². The molecule has 3 N–H and O–H groups in total. The first-order valence-electron chi connectivity index (χ1n) is 7.30. The molecule has 1 heterocycles. The van der Waals surface area contributed by atoms with Crippen LogP contribution in [-0.2, 0) is 0 Å². The number of hydrogen-bond acceptors (Lipinski definition) is 5. The fourth-order valence-electron chi connectivity index (χ4n) is 2.44. The minimum absolute atomic E-state index is 0.0701. The van der Waals surface area contributed by atoms with Crippen LogP contribution in [0.2, 0.25) is 0 Å². The standard InChI is InChI=1S/C18H18N4O/c1-23-18-15(19)17(20-12-21-18)22-16(13-8-4-2-5-9-13)14-10-6-3-7-11-14/h2-12,16H,19H2,1H3,(H,20,21,22). The first-order valence-corrected chi connectivity index (χ1v) is 7.30. The molecule has 0 saturated heterocycles. The number of benzene rings is 2. The first-order chi connectivity index (χ1) is 11.3. The maximum atomic E-state index is 6.09. The van der Waals surface area contributed by atoms with Crippen molar-refractivity contribution in [2.24, 2.45) is 0 Å². The van der Waals surface area contributed by atoms with Gasteiger partial charge < -0.3 is 15.8 Å². The number of aromatic nitrogens is 2. The maximum Gasteiger partial charge on any atom is 0.242 e. The van der Waals surface area contributed by atoms with Gasteiger partial charge in [0.15, 0.2) is 5.82 Å². The number of nitrogens with zero attached hydrogens (tertiary/aromatic N) is 2. The molecule has 0 unspecified atom stereocenters. The normalized spacial score (nSPS) is 10.5. The lowest BCUT2D eigenvalue weighted by atomic mass is 9.99. The summed E-state index contributed by atoms with van der Waals surface area (Å²) in [6.45, 7) is 0. The third-order valence-corrected chi connectivity index (χ3v) is 3.59. The second-order valence-corrected chi connectivity index (χ2v) is 5.04. The first kappa shape index (κ1) is 14.8. The number of anilines is 2. The van der Waals surface area contributed by atoms with Gasteiger partial charge in [-0.15, -0.1) is 0 Å². The van der Waals surface area contributed by atoms with E-state index < -0.39 is 0 Å². The predicted octanol–water partition coefficient (Wildman–Crippen LogP) is 3.27. The zero-order valence-corrected chi connectivity index (χ0v) is 12.8. The van der Waals surface area contributed by atoms with E-state index in [9.17, 15) is 0 Å². The summed E-state index contributed by atoms with van der Waals surface area (Å²) in [6.07, 6.45) is 1.44. The van der Waals surface area contributed by atoms with Crippen LogP contribution >= 0.6 is 0 Å². The second kappa shape index (κ2) is 6.79. The van der Waals surface area contributed by atoms with E-state index in [1.54, 1.807) is 0 Å². The molecule has 1 aromatic heterocycles. The molecule has 0 saturated carbocycles. The van der Waals surface area contributed by atoms with Crippen molar-refractivity contribution >= 4 is 11.5 Å². The minimum atomic E-state index is -0.0701. The quantitative estimate of drug-likeness (QED) is 0.757. The maximum absolute atomic E-state index is 6.09. The fourth-order valence-corrected chi connectivity index (χ4v) is 2.44. The Morgan fingerprint density at radius 2 is 1.48 bits per heavy atom. The third kappa shape index (κ3) is 3.23. The van der Waals surface area contributed by atoms with Gasteiger partial charge in [-0.25, -0.2) is 4.98 Å². The van der Waals surface area contributed by atoms with E-state index in [1.165, 1.54) is 13.4 Å². The Labute approximate surface area is 135 Å². The number of methoxy groups -OCH3 is 1. The number of hydrogen-bond donors (Lipinski definition) is 2. The lowest BCUT2D eigenvalue weighted by Crippen LogP contribution is -2.15. The Kier molecular flexibility index (Phi) is 4.38. The monoisotopic (exact) mass is 306 g/mol. The number of nitrogens with one attached hydrogen (secondary N) is 1. The van der Waals surface area contributed by atoms with Crippen molar-refractivity contribution in [3.63, 3.8) is 0 Å². The summed E-state index contributed by atoms with van der Waals surface area (Å²) in [6, 6.07) is 20.2. The molecule has 0 bridgehead atoms. The highest BCUT2D eigenvalue weighted by Gasteiger charge is 2.17. The molecular weight excluding hydrogens is 288 g/mol. The summed E-state index contributed by atoms with van der Waals surface area (Å²) in [5.74, 6) is 0.914. The molecule has 0 spiro atoms. The van der Waals surface area contributed by atoms with Crippen molar-refractivity contribution in [1.29, 1.82) is 0 Å². The van der Waals surface area contributed by atoms with Crippen LogP contribution in [0.5, 0.6) is 5.88 Å². The fraction of sp³-hybridized carbons (Fsp3) is 0.111. The molecule has 5 nitrogen and oxygen atoms in total. The highest BCUT2D eigenvalue weighted by molar-refractivity contribution is 5.67. The summed E-state index contributed by atoms with van der Waals surface area (Å²) in [5.41, 5.74) is 8.72. The van der Waals surface area contributed by atoms with Crippen LogP contribution in [0, 0.1) is 0 Å². The van der Waals surface area contributed by atoms with Gasteiger partial charge in [0.05, 0.1) is 13.2 Å². The molecule has 0 radical (unpaired) electrons. The number of nitrogen functional groups attached to an aromatic ring is 1. The molecule has 0 amide bonds. The smallest absolute Gasteiger partial charge is 0.242 e. The van der Waals surface area contributed by atoms with E-state index in [2.05, 4.69) is 39.6 Å². The van der Waals surface area contributed by atoms with Crippen LogP contribution in [0.25, 0.3) is 0 Å². The molecule has 23 heavy (non-hydrogen) atoms. The van der Waals surface area contributed by atoms with Gasteiger partial charge in [0.1, 0.15) is 12.0 Å². The van der Waals surface area contributed by atoms with Gasteiger partial charge in [-0.2, -0.15) is 4.98 Å². The van der Waals surface area contributed by atoms with Gasteiger partial charge in [-0.3, -0.25) is 0 Å². The zero-order chi connectivity index (χ0) is 16.1. The molecule has 5 heteroatoms. The number of ether oxygens (including phenoxy) is 1. The largest absolute Gasteiger partial charge is 0.479 e. The van der Waals surface area contributed by atoms with E-state index in [0.717, 1.165) is 11.1 Å². The Hall–Kier alpha value is -3.08. The van der Waals surface area contributed by atoms with Crippen LogP contribution in [-0.4, -0.2) is 17.1 Å². The van der Waals surface area contributed by atoms with Crippen molar-refractivity contribution in [1.82, 2.24) is 9.97 Å². The highest BCUT2D eigenvalue weighted by Crippen LogP contribution is 2.31. The predicted molar refractivity (Wildman–Crippen MR) is 91.3 cm³/mol. The third-order valence-electron chi connectivity index (χ3n) is 3.59. The summed E-state index contributed by atoms with van der Waals surface area (Å²) < 4.78 is 5.16. The SMILES string of the molecule is COc1ncnc(NC(c2ccccc2)c2ccccc2)c1N. The topological polar surface area (TPSA) is 73.1 Å². The molecule has 0 aliphatic rings. The zero-order valence-electron chi connectivity index (χ0n) is 12.8. The molecular formula is C18H18N4O. The number of rotatable bonds is 5. The lowest BCUT2D eigenvalue weighted by Gasteiger charge is -2.21. The summed E-state index contributed by atoms with van der Waals surface area (Å²) in [4.78, 5) is 8.26. The van der Waals surface area contributed by atoms with Gasteiger partial charge in [0, 0.05) is 0 Å². The Balaban J connectivity index is 2.00. The molecule has 116 valence electrons.